The highest BCUT2D eigenvalue weighted by molar-refractivity contribution is 7.99. The molecule has 1 aromatic rings. The van der Waals surface area contributed by atoms with Gasteiger partial charge >= 0.3 is 0 Å². The number of hydrogen-bond donors (Lipinski definition) is 1. The van der Waals surface area contributed by atoms with Crippen LogP contribution in [0.1, 0.15) is 31.2 Å². The van der Waals surface area contributed by atoms with Gasteiger partial charge in [-0.15, -0.1) is 0 Å². The van der Waals surface area contributed by atoms with Crippen LogP contribution in [-0.4, -0.2) is 54.6 Å². The normalized spacial score (nSPS) is 20.5. The van der Waals surface area contributed by atoms with Crippen LogP contribution in [0.3, 0.4) is 0 Å². The van der Waals surface area contributed by atoms with Gasteiger partial charge in [-0.1, -0.05) is 30.3 Å². The van der Waals surface area contributed by atoms with E-state index in [4.69, 9.17) is 4.74 Å². The quantitative estimate of drug-likeness (QED) is 0.810. The molecule has 1 amide bonds. The highest BCUT2D eigenvalue weighted by atomic mass is 32.2. The number of hydrogen-bond acceptors (Lipinski definition) is 4. The van der Waals surface area contributed by atoms with E-state index in [1.807, 2.05) is 30.3 Å². The smallest absolute Gasteiger partial charge is 0.246 e. The molecule has 2 saturated heterocycles. The highest BCUT2D eigenvalue weighted by Gasteiger charge is 2.26. The molecule has 3 rings (SSSR count). The van der Waals surface area contributed by atoms with Crippen LogP contribution in [0.2, 0.25) is 0 Å². The Morgan fingerprint density at radius 3 is 2.56 bits per heavy atom. The molecule has 0 unspecified atom stereocenters. The fraction of sp³-hybridized carbons (Fsp3) is 0.650. The minimum Gasteiger partial charge on any atom is -0.367 e. The van der Waals surface area contributed by atoms with Crippen molar-refractivity contribution in [3.05, 3.63) is 35.9 Å². The van der Waals surface area contributed by atoms with Gasteiger partial charge in [-0.05, 0) is 61.8 Å². The van der Waals surface area contributed by atoms with Crippen molar-refractivity contribution >= 4 is 17.7 Å². The predicted octanol–water partition coefficient (Wildman–Crippen LogP) is 2.93. The summed E-state index contributed by atoms with van der Waals surface area (Å²) in [6.45, 7) is 3.82. The van der Waals surface area contributed by atoms with E-state index in [2.05, 4.69) is 22.0 Å². The molecule has 2 aliphatic heterocycles. The Bertz CT molecular complexity index is 512. The Morgan fingerprint density at radius 1 is 1.12 bits per heavy atom. The summed E-state index contributed by atoms with van der Waals surface area (Å²) in [5.74, 6) is 3.27. The van der Waals surface area contributed by atoms with Crippen LogP contribution in [-0.2, 0) is 16.1 Å². The van der Waals surface area contributed by atoms with Gasteiger partial charge in [-0.25, -0.2) is 0 Å². The average molecular weight is 363 g/mol. The summed E-state index contributed by atoms with van der Waals surface area (Å²) in [4.78, 5) is 14.6. The third kappa shape index (κ3) is 6.32. The van der Waals surface area contributed by atoms with Crippen molar-refractivity contribution in [3.63, 3.8) is 0 Å². The van der Waals surface area contributed by atoms with E-state index in [9.17, 15) is 4.79 Å². The van der Waals surface area contributed by atoms with Gasteiger partial charge in [0.15, 0.2) is 0 Å². The second-order valence-corrected chi connectivity index (χ2v) is 8.33. The van der Waals surface area contributed by atoms with E-state index in [1.54, 1.807) is 0 Å². The van der Waals surface area contributed by atoms with Gasteiger partial charge in [0.25, 0.3) is 0 Å². The largest absolute Gasteiger partial charge is 0.367 e. The zero-order valence-electron chi connectivity index (χ0n) is 15.0. The summed E-state index contributed by atoms with van der Waals surface area (Å²) in [5.41, 5.74) is 1.10. The number of thioether (sulfide) groups is 1. The van der Waals surface area contributed by atoms with Gasteiger partial charge in [0, 0.05) is 12.6 Å². The fourth-order valence-electron chi connectivity index (χ4n) is 3.72. The monoisotopic (exact) mass is 362 g/mol. The van der Waals surface area contributed by atoms with Crippen molar-refractivity contribution < 1.29 is 9.53 Å². The second kappa shape index (κ2) is 10.2. The van der Waals surface area contributed by atoms with Crippen LogP contribution in [0, 0.1) is 5.92 Å². The maximum atomic E-state index is 11.9. The minimum absolute atomic E-state index is 0.00247. The van der Waals surface area contributed by atoms with E-state index in [0.29, 0.717) is 12.5 Å². The summed E-state index contributed by atoms with van der Waals surface area (Å²) in [6, 6.07) is 10.8. The number of piperidine rings is 1. The molecule has 0 radical (unpaired) electrons. The Kier molecular flexibility index (Phi) is 7.64. The van der Waals surface area contributed by atoms with Crippen LogP contribution in [0.25, 0.3) is 0 Å². The summed E-state index contributed by atoms with van der Waals surface area (Å²) in [6.07, 6.45) is 5.11. The van der Waals surface area contributed by atoms with Gasteiger partial charge in [-0.2, -0.15) is 11.8 Å². The molecular formula is C20H30N2O2S. The third-order valence-corrected chi connectivity index (χ3v) is 6.34. The lowest BCUT2D eigenvalue weighted by atomic mass is 9.94. The first-order chi connectivity index (χ1) is 12.3. The zero-order valence-corrected chi connectivity index (χ0v) is 15.8. The van der Waals surface area contributed by atoms with Gasteiger partial charge < -0.3 is 15.0 Å². The molecule has 138 valence electrons. The van der Waals surface area contributed by atoms with Crippen LogP contribution in [0.15, 0.2) is 30.3 Å². The lowest BCUT2D eigenvalue weighted by Gasteiger charge is -2.39. The van der Waals surface area contributed by atoms with Gasteiger partial charge in [-0.3, -0.25) is 4.79 Å². The Hall–Kier alpha value is -1.04. The molecule has 2 heterocycles. The highest BCUT2D eigenvalue weighted by Crippen LogP contribution is 2.26. The Balaban J connectivity index is 1.27. The lowest BCUT2D eigenvalue weighted by molar-refractivity contribution is -0.126. The van der Waals surface area contributed by atoms with Crippen LogP contribution in [0.4, 0.5) is 0 Å². The van der Waals surface area contributed by atoms with Gasteiger partial charge in [0.1, 0.15) is 6.61 Å². The number of rotatable bonds is 7. The Labute approximate surface area is 155 Å². The molecule has 0 spiro atoms. The van der Waals surface area contributed by atoms with E-state index in [-0.39, 0.29) is 12.5 Å². The third-order valence-electron chi connectivity index (χ3n) is 5.29. The average Bonchev–Trinajstić information content (AvgIpc) is 2.68. The van der Waals surface area contributed by atoms with Gasteiger partial charge in [0.05, 0.1) is 6.61 Å². The summed E-state index contributed by atoms with van der Waals surface area (Å²) < 4.78 is 5.50. The standard InChI is InChI=1S/C20H30N2O2S/c23-20(16-24-15-18-4-2-1-3-5-18)21-14-17-6-10-22(11-7-17)19-8-12-25-13-9-19/h1-5,17,19H,6-16H2,(H,21,23). The number of likely N-dealkylation sites (tertiary alicyclic amines) is 1. The van der Waals surface area contributed by atoms with E-state index < -0.39 is 0 Å². The van der Waals surface area contributed by atoms with Crippen molar-refractivity contribution in [2.24, 2.45) is 5.92 Å². The summed E-state index contributed by atoms with van der Waals surface area (Å²) in [7, 11) is 0. The van der Waals surface area contributed by atoms with Crippen molar-refractivity contribution in [1.29, 1.82) is 0 Å². The van der Waals surface area contributed by atoms with E-state index >= 15 is 0 Å². The summed E-state index contributed by atoms with van der Waals surface area (Å²) in [5, 5.41) is 3.05. The van der Waals surface area contributed by atoms with Crippen LogP contribution < -0.4 is 5.32 Å². The number of nitrogens with zero attached hydrogens (tertiary/aromatic N) is 1. The maximum absolute atomic E-state index is 11.9. The number of ether oxygens (including phenoxy) is 1. The molecule has 0 atom stereocenters. The number of carbonyl (C=O) groups excluding carboxylic acids is 1. The van der Waals surface area contributed by atoms with E-state index in [0.717, 1.165) is 18.2 Å². The topological polar surface area (TPSA) is 41.6 Å². The predicted molar refractivity (Wildman–Crippen MR) is 104 cm³/mol. The lowest BCUT2D eigenvalue weighted by Crippen LogP contribution is -2.45. The summed E-state index contributed by atoms with van der Waals surface area (Å²) >= 11 is 2.09. The number of nitrogens with one attached hydrogen (secondary N) is 1. The van der Waals surface area contributed by atoms with Crippen molar-refractivity contribution in [1.82, 2.24) is 10.2 Å². The molecule has 0 aliphatic carbocycles. The van der Waals surface area contributed by atoms with Crippen molar-refractivity contribution in [2.45, 2.75) is 38.3 Å². The molecule has 1 N–H and O–H groups in total. The van der Waals surface area contributed by atoms with Crippen LogP contribution >= 0.6 is 11.8 Å². The van der Waals surface area contributed by atoms with Gasteiger partial charge in [0.2, 0.25) is 5.91 Å². The molecule has 0 bridgehead atoms. The van der Waals surface area contributed by atoms with E-state index in [1.165, 1.54) is 50.3 Å². The zero-order chi connectivity index (χ0) is 17.3. The molecular weight excluding hydrogens is 332 g/mol. The molecule has 5 heteroatoms. The molecule has 1 aromatic carbocycles. The molecule has 0 aromatic heterocycles. The van der Waals surface area contributed by atoms with Crippen molar-refractivity contribution in [2.75, 3.05) is 37.7 Å². The molecule has 4 nitrogen and oxygen atoms in total. The van der Waals surface area contributed by atoms with Crippen molar-refractivity contribution in [3.8, 4) is 0 Å². The molecule has 2 aliphatic rings. The maximum Gasteiger partial charge on any atom is 0.246 e. The minimum atomic E-state index is 0.00247. The first kappa shape index (κ1) is 18.7. The first-order valence-electron chi connectivity index (χ1n) is 9.51. The Morgan fingerprint density at radius 2 is 1.84 bits per heavy atom. The van der Waals surface area contributed by atoms with Crippen LogP contribution in [0.5, 0.6) is 0 Å². The molecule has 25 heavy (non-hydrogen) atoms. The second-order valence-electron chi connectivity index (χ2n) is 7.11. The first-order valence-corrected chi connectivity index (χ1v) is 10.7. The number of benzene rings is 1. The SMILES string of the molecule is O=C(COCc1ccccc1)NCC1CCN(C2CCSCC2)CC1. The molecule has 0 saturated carbocycles. The molecule has 2 fully saturated rings. The number of carbonyl (C=O) groups is 1. The fourth-order valence-corrected chi connectivity index (χ4v) is 4.80. The number of amides is 1.